The quantitative estimate of drug-likeness (QED) is 0.537. The molecule has 1 atom stereocenters. The molecule has 0 aliphatic carbocycles. The Hall–Kier alpha value is -2.95. The standard InChI is InChI=1S/C31H42N4O5S/c1-31(2,3)40-30(38)32-27-25(20-26(41-27)22-8-5-4-6-9-22)29(37)33-14-11-24(12-15-33)35-13-7-10-23(21-35)28(36)34-16-18-39-19-17-34/h4-6,8-9,20,23-24H,7,10-19,21H2,1-3H3,(H,32,38). The number of morpholine rings is 1. The molecular formula is C31H42N4O5S. The van der Waals surface area contributed by atoms with Gasteiger partial charge in [0, 0.05) is 43.6 Å². The number of nitrogens with one attached hydrogen (secondary N) is 1. The molecule has 1 N–H and O–H groups in total. The zero-order valence-corrected chi connectivity index (χ0v) is 25.2. The molecule has 10 heteroatoms. The predicted molar refractivity (Wildman–Crippen MR) is 160 cm³/mol. The zero-order valence-electron chi connectivity index (χ0n) is 24.4. The van der Waals surface area contributed by atoms with Gasteiger partial charge in [-0.2, -0.15) is 0 Å². The first-order valence-electron chi connectivity index (χ1n) is 14.8. The molecule has 9 nitrogen and oxygen atoms in total. The number of likely N-dealkylation sites (tertiary alicyclic amines) is 2. The number of benzene rings is 1. The summed E-state index contributed by atoms with van der Waals surface area (Å²) in [6, 6.07) is 12.1. The van der Waals surface area contributed by atoms with Crippen LogP contribution in [0.15, 0.2) is 36.4 Å². The van der Waals surface area contributed by atoms with E-state index in [1.54, 1.807) is 0 Å². The van der Waals surface area contributed by atoms with Crippen LogP contribution in [0.2, 0.25) is 0 Å². The Kier molecular flexibility index (Phi) is 9.31. The summed E-state index contributed by atoms with van der Waals surface area (Å²) in [5, 5.41) is 3.34. The van der Waals surface area contributed by atoms with Crippen LogP contribution in [0.1, 0.15) is 56.8 Å². The van der Waals surface area contributed by atoms with Crippen LogP contribution in [0.5, 0.6) is 0 Å². The van der Waals surface area contributed by atoms with E-state index in [1.165, 1.54) is 11.3 Å². The van der Waals surface area contributed by atoms with E-state index in [2.05, 4.69) is 10.2 Å². The molecule has 5 rings (SSSR count). The second-order valence-electron chi connectivity index (χ2n) is 12.1. The average Bonchev–Trinajstić information content (AvgIpc) is 3.40. The number of thiophene rings is 1. The van der Waals surface area contributed by atoms with Crippen molar-refractivity contribution in [3.05, 3.63) is 42.0 Å². The molecule has 3 fully saturated rings. The first kappa shape index (κ1) is 29.5. The normalized spacial score (nSPS) is 21.0. The maximum Gasteiger partial charge on any atom is 0.412 e. The molecule has 0 spiro atoms. The second-order valence-corrected chi connectivity index (χ2v) is 13.2. The van der Waals surface area contributed by atoms with Gasteiger partial charge in [0.05, 0.1) is 24.7 Å². The number of carbonyl (C=O) groups excluding carboxylic acids is 3. The Bertz CT molecular complexity index is 1210. The van der Waals surface area contributed by atoms with Crippen LogP contribution < -0.4 is 5.32 Å². The molecule has 1 unspecified atom stereocenters. The van der Waals surface area contributed by atoms with E-state index in [9.17, 15) is 14.4 Å². The third-order valence-corrected chi connectivity index (χ3v) is 9.13. The molecule has 0 radical (unpaired) electrons. The summed E-state index contributed by atoms with van der Waals surface area (Å²) >= 11 is 1.39. The van der Waals surface area contributed by atoms with Crippen molar-refractivity contribution in [3.8, 4) is 10.4 Å². The summed E-state index contributed by atoms with van der Waals surface area (Å²) in [4.78, 5) is 46.8. The van der Waals surface area contributed by atoms with Crippen LogP contribution in [0, 0.1) is 5.92 Å². The Morgan fingerprint density at radius 2 is 1.66 bits per heavy atom. The van der Waals surface area contributed by atoms with Crippen LogP contribution in [0.25, 0.3) is 10.4 Å². The Morgan fingerprint density at radius 3 is 2.34 bits per heavy atom. The topological polar surface area (TPSA) is 91.4 Å². The zero-order chi connectivity index (χ0) is 29.0. The smallest absolute Gasteiger partial charge is 0.412 e. The van der Waals surface area contributed by atoms with Gasteiger partial charge >= 0.3 is 6.09 Å². The molecule has 222 valence electrons. The van der Waals surface area contributed by atoms with Gasteiger partial charge in [0.2, 0.25) is 5.91 Å². The Balaban J connectivity index is 1.23. The molecule has 41 heavy (non-hydrogen) atoms. The Labute approximate surface area is 246 Å². The molecule has 3 aliphatic heterocycles. The lowest BCUT2D eigenvalue weighted by molar-refractivity contribution is -0.141. The summed E-state index contributed by atoms with van der Waals surface area (Å²) in [5.41, 5.74) is 0.844. The van der Waals surface area contributed by atoms with Crippen LogP contribution in [-0.2, 0) is 14.3 Å². The highest BCUT2D eigenvalue weighted by Gasteiger charge is 2.35. The minimum Gasteiger partial charge on any atom is -0.444 e. The van der Waals surface area contributed by atoms with E-state index in [0.717, 1.165) is 49.2 Å². The largest absolute Gasteiger partial charge is 0.444 e. The number of hydrogen-bond donors (Lipinski definition) is 1. The summed E-state index contributed by atoms with van der Waals surface area (Å²) in [6.45, 7) is 11.2. The number of amides is 3. The van der Waals surface area contributed by atoms with Gasteiger partial charge in [-0.05, 0) is 64.6 Å². The minimum absolute atomic E-state index is 0.0465. The third-order valence-electron chi connectivity index (χ3n) is 8.03. The average molecular weight is 583 g/mol. The summed E-state index contributed by atoms with van der Waals surface area (Å²) in [6.07, 6.45) is 3.14. The van der Waals surface area contributed by atoms with Crippen molar-refractivity contribution in [1.82, 2.24) is 14.7 Å². The number of piperidine rings is 2. The van der Waals surface area contributed by atoms with Crippen molar-refractivity contribution in [2.24, 2.45) is 5.92 Å². The fourth-order valence-electron chi connectivity index (χ4n) is 5.97. The van der Waals surface area contributed by atoms with Crippen LogP contribution >= 0.6 is 11.3 Å². The SMILES string of the molecule is CC(C)(C)OC(=O)Nc1sc(-c2ccccc2)cc1C(=O)N1CCC(N2CCCC(C(=O)N3CCOCC3)C2)CC1. The van der Waals surface area contributed by atoms with Gasteiger partial charge in [-0.25, -0.2) is 4.79 Å². The van der Waals surface area contributed by atoms with Crippen molar-refractivity contribution in [2.75, 3.05) is 57.8 Å². The van der Waals surface area contributed by atoms with Crippen molar-refractivity contribution >= 4 is 34.2 Å². The lowest BCUT2D eigenvalue weighted by Gasteiger charge is -2.43. The van der Waals surface area contributed by atoms with Crippen molar-refractivity contribution in [3.63, 3.8) is 0 Å². The molecule has 3 saturated heterocycles. The molecule has 3 aliphatic rings. The minimum atomic E-state index is -0.643. The summed E-state index contributed by atoms with van der Waals surface area (Å²) < 4.78 is 10.9. The molecule has 1 aromatic heterocycles. The van der Waals surface area contributed by atoms with Crippen LogP contribution in [-0.4, -0.2) is 96.7 Å². The lowest BCUT2D eigenvalue weighted by Crippen LogP contribution is -2.53. The Morgan fingerprint density at radius 1 is 0.951 bits per heavy atom. The molecule has 2 aromatic rings. The van der Waals surface area contributed by atoms with E-state index in [-0.39, 0.29) is 17.7 Å². The number of rotatable bonds is 5. The number of carbonyl (C=O) groups is 3. The fraction of sp³-hybridized carbons (Fsp3) is 0.581. The monoisotopic (exact) mass is 582 g/mol. The number of nitrogens with zero attached hydrogens (tertiary/aromatic N) is 3. The van der Waals surface area contributed by atoms with Crippen molar-refractivity contribution in [1.29, 1.82) is 0 Å². The van der Waals surface area contributed by atoms with E-state index < -0.39 is 11.7 Å². The van der Waals surface area contributed by atoms with Gasteiger partial charge < -0.3 is 19.3 Å². The van der Waals surface area contributed by atoms with E-state index in [4.69, 9.17) is 9.47 Å². The predicted octanol–water partition coefficient (Wildman–Crippen LogP) is 4.94. The first-order chi connectivity index (χ1) is 19.7. The summed E-state index contributed by atoms with van der Waals surface area (Å²) in [5.74, 6) is 0.236. The van der Waals surface area contributed by atoms with E-state index in [0.29, 0.717) is 56.0 Å². The third kappa shape index (κ3) is 7.47. The maximum absolute atomic E-state index is 13.8. The maximum atomic E-state index is 13.8. The molecular weight excluding hydrogens is 540 g/mol. The molecule has 0 bridgehead atoms. The van der Waals surface area contributed by atoms with Gasteiger partial charge in [-0.15, -0.1) is 11.3 Å². The van der Waals surface area contributed by atoms with Gasteiger partial charge in [0.1, 0.15) is 10.6 Å². The first-order valence-corrected chi connectivity index (χ1v) is 15.6. The number of hydrogen-bond acceptors (Lipinski definition) is 7. The molecule has 0 saturated carbocycles. The summed E-state index contributed by atoms with van der Waals surface area (Å²) in [7, 11) is 0. The molecule has 1 aromatic carbocycles. The number of ether oxygens (including phenoxy) is 2. The highest BCUT2D eigenvalue weighted by Crippen LogP contribution is 2.37. The molecule has 3 amide bonds. The highest BCUT2D eigenvalue weighted by molar-refractivity contribution is 7.20. The second kappa shape index (κ2) is 12.9. The van der Waals surface area contributed by atoms with Gasteiger partial charge in [0.25, 0.3) is 5.91 Å². The van der Waals surface area contributed by atoms with Crippen LogP contribution in [0.3, 0.4) is 0 Å². The van der Waals surface area contributed by atoms with Gasteiger partial charge in [-0.1, -0.05) is 30.3 Å². The molecule has 4 heterocycles. The van der Waals surface area contributed by atoms with Gasteiger partial charge in [0.15, 0.2) is 0 Å². The number of anilines is 1. The van der Waals surface area contributed by atoms with Crippen molar-refractivity contribution in [2.45, 2.75) is 58.1 Å². The van der Waals surface area contributed by atoms with Crippen molar-refractivity contribution < 1.29 is 23.9 Å². The van der Waals surface area contributed by atoms with E-state index >= 15 is 0 Å². The highest BCUT2D eigenvalue weighted by atomic mass is 32.1. The lowest BCUT2D eigenvalue weighted by atomic mass is 9.92. The van der Waals surface area contributed by atoms with Gasteiger partial charge in [-0.3, -0.25) is 19.8 Å². The van der Waals surface area contributed by atoms with E-state index in [1.807, 2.05) is 67.0 Å². The van der Waals surface area contributed by atoms with Crippen LogP contribution in [0.4, 0.5) is 9.80 Å². The fourth-order valence-corrected chi connectivity index (χ4v) is 7.01.